The van der Waals surface area contributed by atoms with Crippen molar-refractivity contribution in [3.63, 3.8) is 0 Å². The number of hydrogen-bond donors (Lipinski definition) is 1. The van der Waals surface area contributed by atoms with E-state index >= 15 is 0 Å². The van der Waals surface area contributed by atoms with E-state index in [1.165, 1.54) is 6.92 Å². The molecule has 0 spiro atoms. The number of pyridine rings is 1. The summed E-state index contributed by atoms with van der Waals surface area (Å²) in [6, 6.07) is 0.917. The average Bonchev–Trinajstić information content (AvgIpc) is 2.03. The first-order chi connectivity index (χ1) is 6.02. The van der Waals surface area contributed by atoms with Crippen LogP contribution in [0.2, 0.25) is 0 Å². The molecule has 1 aromatic rings. The predicted molar refractivity (Wildman–Crippen MR) is 43.7 cm³/mol. The number of ketones is 1. The number of Topliss-reactive ketones (excluding diaryl/α,β-unsaturated/α-hetero) is 1. The van der Waals surface area contributed by atoms with Crippen molar-refractivity contribution in [2.24, 2.45) is 0 Å². The molecule has 0 unspecified atom stereocenters. The smallest absolute Gasteiger partial charge is 0.296 e. The Hall–Kier alpha value is -1.98. The number of aromatic amines is 1. The van der Waals surface area contributed by atoms with Gasteiger partial charge >= 0.3 is 0 Å². The summed E-state index contributed by atoms with van der Waals surface area (Å²) in [4.78, 5) is 33.4. The fourth-order valence-corrected chi connectivity index (χ4v) is 0.897. The lowest BCUT2D eigenvalue weighted by molar-refractivity contribution is -0.385. The van der Waals surface area contributed by atoms with Gasteiger partial charge in [-0.15, -0.1) is 0 Å². The molecule has 0 radical (unpaired) electrons. The second-order valence-electron chi connectivity index (χ2n) is 2.41. The van der Waals surface area contributed by atoms with Crippen molar-refractivity contribution < 1.29 is 9.72 Å². The van der Waals surface area contributed by atoms with Crippen LogP contribution in [-0.4, -0.2) is 15.7 Å². The third-order valence-corrected chi connectivity index (χ3v) is 1.48. The summed E-state index contributed by atoms with van der Waals surface area (Å²) < 4.78 is 0. The van der Waals surface area contributed by atoms with Gasteiger partial charge in [-0.1, -0.05) is 0 Å². The standard InChI is InChI=1S/C7H6N2O4/c1-4(10)5-2-7(11)8-3-6(5)9(12)13/h2-3H,1H3,(H,8,11). The van der Waals surface area contributed by atoms with Gasteiger partial charge in [0.1, 0.15) is 5.56 Å². The van der Waals surface area contributed by atoms with Crippen LogP contribution in [0.15, 0.2) is 17.1 Å². The quantitative estimate of drug-likeness (QED) is 0.409. The van der Waals surface area contributed by atoms with E-state index in [2.05, 4.69) is 4.98 Å². The van der Waals surface area contributed by atoms with Crippen LogP contribution in [0.4, 0.5) is 5.69 Å². The van der Waals surface area contributed by atoms with Crippen LogP contribution in [0.3, 0.4) is 0 Å². The second kappa shape index (κ2) is 3.18. The van der Waals surface area contributed by atoms with Crippen LogP contribution in [-0.2, 0) is 0 Å². The molecule has 0 saturated carbocycles. The molecule has 1 N–H and O–H groups in total. The van der Waals surface area contributed by atoms with Crippen LogP contribution in [0.5, 0.6) is 0 Å². The minimum atomic E-state index is -0.716. The zero-order chi connectivity index (χ0) is 10.0. The van der Waals surface area contributed by atoms with Crippen molar-refractivity contribution in [1.29, 1.82) is 0 Å². The summed E-state index contributed by atoms with van der Waals surface area (Å²) >= 11 is 0. The maximum absolute atomic E-state index is 10.9. The normalized spacial score (nSPS) is 9.62. The number of nitro groups is 1. The summed E-state index contributed by atoms with van der Waals surface area (Å²) in [6.07, 6.45) is 0.916. The molecule has 1 aromatic heterocycles. The largest absolute Gasteiger partial charge is 0.323 e. The van der Waals surface area contributed by atoms with Crippen molar-refractivity contribution in [1.82, 2.24) is 4.98 Å². The monoisotopic (exact) mass is 182 g/mol. The average molecular weight is 182 g/mol. The van der Waals surface area contributed by atoms with E-state index in [1.54, 1.807) is 0 Å². The highest BCUT2D eigenvalue weighted by atomic mass is 16.6. The molecule has 1 rings (SSSR count). The number of nitrogens with zero attached hydrogens (tertiary/aromatic N) is 1. The minimum absolute atomic E-state index is 0.172. The Balaban J connectivity index is 3.44. The molecule has 13 heavy (non-hydrogen) atoms. The summed E-state index contributed by atoms with van der Waals surface area (Å²) in [7, 11) is 0. The Morgan fingerprint density at radius 1 is 1.62 bits per heavy atom. The lowest BCUT2D eigenvalue weighted by Gasteiger charge is -1.95. The maximum Gasteiger partial charge on any atom is 0.296 e. The number of aromatic nitrogens is 1. The zero-order valence-electron chi connectivity index (χ0n) is 6.73. The summed E-state index contributed by atoms with van der Waals surface area (Å²) in [5.41, 5.74) is -1.09. The highest BCUT2D eigenvalue weighted by Gasteiger charge is 2.17. The fraction of sp³-hybridized carbons (Fsp3) is 0.143. The SMILES string of the molecule is CC(=O)c1cc(=O)[nH]cc1[N+](=O)[O-]. The van der Waals surface area contributed by atoms with E-state index in [1.807, 2.05) is 0 Å². The Labute approximate surface area is 72.4 Å². The van der Waals surface area contributed by atoms with Gasteiger partial charge in [-0.3, -0.25) is 19.7 Å². The van der Waals surface area contributed by atoms with Crippen molar-refractivity contribution in [3.05, 3.63) is 38.3 Å². The third-order valence-electron chi connectivity index (χ3n) is 1.48. The van der Waals surface area contributed by atoms with E-state index in [9.17, 15) is 19.7 Å². The number of H-pyrrole nitrogens is 1. The van der Waals surface area contributed by atoms with Gasteiger partial charge in [0.25, 0.3) is 5.69 Å². The Morgan fingerprint density at radius 2 is 2.23 bits per heavy atom. The zero-order valence-corrected chi connectivity index (χ0v) is 6.73. The molecule has 0 bridgehead atoms. The van der Waals surface area contributed by atoms with Gasteiger partial charge in [-0.2, -0.15) is 0 Å². The van der Waals surface area contributed by atoms with Crippen LogP contribution < -0.4 is 5.56 Å². The first-order valence-corrected chi connectivity index (χ1v) is 3.40. The van der Waals surface area contributed by atoms with Gasteiger partial charge in [-0.25, -0.2) is 0 Å². The molecular formula is C7H6N2O4. The highest BCUT2D eigenvalue weighted by Crippen LogP contribution is 2.14. The van der Waals surface area contributed by atoms with Crippen LogP contribution in [0.1, 0.15) is 17.3 Å². The molecule has 0 aliphatic heterocycles. The van der Waals surface area contributed by atoms with E-state index in [0.717, 1.165) is 12.3 Å². The summed E-state index contributed by atoms with van der Waals surface area (Å²) in [5.74, 6) is -0.502. The molecule has 6 nitrogen and oxygen atoms in total. The van der Waals surface area contributed by atoms with Crippen molar-refractivity contribution in [2.75, 3.05) is 0 Å². The lowest BCUT2D eigenvalue weighted by Crippen LogP contribution is -2.10. The molecule has 0 fully saturated rings. The van der Waals surface area contributed by atoms with Crippen molar-refractivity contribution in [2.45, 2.75) is 6.92 Å². The van der Waals surface area contributed by atoms with Gasteiger partial charge in [0.05, 0.1) is 11.1 Å². The number of nitrogens with one attached hydrogen (secondary N) is 1. The molecule has 0 aromatic carbocycles. The van der Waals surface area contributed by atoms with E-state index in [0.29, 0.717) is 0 Å². The number of hydrogen-bond acceptors (Lipinski definition) is 4. The molecule has 0 saturated heterocycles. The summed E-state index contributed by atoms with van der Waals surface area (Å²) in [5, 5.41) is 10.4. The molecule has 1 heterocycles. The highest BCUT2D eigenvalue weighted by molar-refractivity contribution is 5.97. The molecule has 0 atom stereocenters. The van der Waals surface area contributed by atoms with Gasteiger partial charge in [-0.05, 0) is 6.92 Å². The molecule has 68 valence electrons. The first-order valence-electron chi connectivity index (χ1n) is 3.40. The number of carbonyl (C=O) groups excluding carboxylic acids is 1. The minimum Gasteiger partial charge on any atom is -0.323 e. The topological polar surface area (TPSA) is 93.1 Å². The fourth-order valence-electron chi connectivity index (χ4n) is 0.897. The van der Waals surface area contributed by atoms with Gasteiger partial charge < -0.3 is 4.98 Å². The Kier molecular flexibility index (Phi) is 2.23. The van der Waals surface area contributed by atoms with E-state index < -0.39 is 16.3 Å². The molecule has 6 heteroatoms. The molecule has 0 aliphatic carbocycles. The summed E-state index contributed by atoms with van der Waals surface area (Å²) in [6.45, 7) is 1.17. The van der Waals surface area contributed by atoms with Gasteiger partial charge in [0, 0.05) is 6.07 Å². The van der Waals surface area contributed by atoms with Crippen molar-refractivity contribution >= 4 is 11.5 Å². The third kappa shape index (κ3) is 1.78. The van der Waals surface area contributed by atoms with Crippen LogP contribution in [0.25, 0.3) is 0 Å². The number of carbonyl (C=O) groups is 1. The van der Waals surface area contributed by atoms with Crippen LogP contribution >= 0.6 is 0 Å². The van der Waals surface area contributed by atoms with Gasteiger partial charge in [0.2, 0.25) is 5.56 Å². The molecular weight excluding hydrogens is 176 g/mol. The van der Waals surface area contributed by atoms with Crippen LogP contribution in [0, 0.1) is 10.1 Å². The molecule has 0 aliphatic rings. The first kappa shape index (κ1) is 9.11. The number of rotatable bonds is 2. The second-order valence-corrected chi connectivity index (χ2v) is 2.41. The Morgan fingerprint density at radius 3 is 2.69 bits per heavy atom. The maximum atomic E-state index is 10.9. The van der Waals surface area contributed by atoms with Gasteiger partial charge in [0.15, 0.2) is 5.78 Å². The van der Waals surface area contributed by atoms with Crippen molar-refractivity contribution in [3.8, 4) is 0 Å². The predicted octanol–water partition coefficient (Wildman–Crippen LogP) is 0.486. The van der Waals surface area contributed by atoms with E-state index in [-0.39, 0.29) is 11.3 Å². The lowest BCUT2D eigenvalue weighted by atomic mass is 10.1. The van der Waals surface area contributed by atoms with E-state index in [4.69, 9.17) is 0 Å². The molecule has 0 amide bonds. The Bertz CT molecular complexity index is 421.